The lowest BCUT2D eigenvalue weighted by molar-refractivity contribution is 0.772. The van der Waals surface area contributed by atoms with Gasteiger partial charge in [-0.3, -0.25) is 0 Å². The number of rotatable bonds is 3. The van der Waals surface area contributed by atoms with Crippen molar-refractivity contribution in [3.63, 3.8) is 0 Å². The predicted molar refractivity (Wildman–Crippen MR) is 60.0 cm³/mol. The van der Waals surface area contributed by atoms with Gasteiger partial charge in [0.15, 0.2) is 0 Å². The fourth-order valence-corrected chi connectivity index (χ4v) is 1.28. The quantitative estimate of drug-likeness (QED) is 0.785. The van der Waals surface area contributed by atoms with Crippen molar-refractivity contribution >= 4 is 17.4 Å². The fourth-order valence-electron chi connectivity index (χ4n) is 1.10. The summed E-state index contributed by atoms with van der Waals surface area (Å²) < 4.78 is 0. The number of hydrogen-bond donors (Lipinski definition) is 1. The maximum atomic E-state index is 6.01. The van der Waals surface area contributed by atoms with Crippen molar-refractivity contribution in [3.8, 4) is 0 Å². The fraction of sp³-hybridized carbons (Fsp3) is 0.600. The van der Waals surface area contributed by atoms with Gasteiger partial charge >= 0.3 is 0 Å². The van der Waals surface area contributed by atoms with Crippen molar-refractivity contribution < 1.29 is 0 Å². The number of nitrogens with zero attached hydrogens (tertiary/aromatic N) is 2. The Morgan fingerprint density at radius 1 is 1.36 bits per heavy atom. The Kier molecular flexibility index (Phi) is 3.69. The van der Waals surface area contributed by atoms with Crippen LogP contribution in [0.15, 0.2) is 0 Å². The van der Waals surface area contributed by atoms with Gasteiger partial charge in [-0.15, -0.1) is 0 Å². The summed E-state index contributed by atoms with van der Waals surface area (Å²) in [4.78, 5) is 8.65. The molecule has 0 aliphatic carbocycles. The summed E-state index contributed by atoms with van der Waals surface area (Å²) in [5.41, 5.74) is 0.915. The number of aromatic nitrogens is 2. The van der Waals surface area contributed by atoms with Crippen molar-refractivity contribution in [2.45, 2.75) is 33.6 Å². The topological polar surface area (TPSA) is 37.8 Å². The highest BCUT2D eigenvalue weighted by Crippen LogP contribution is 2.22. The minimum atomic E-state index is 0.297. The SMILES string of the molecule is CCNc1nc(C(C)C)nc(Cl)c1C. The summed E-state index contributed by atoms with van der Waals surface area (Å²) >= 11 is 6.01. The van der Waals surface area contributed by atoms with Crippen molar-refractivity contribution in [2.75, 3.05) is 11.9 Å². The number of hydrogen-bond acceptors (Lipinski definition) is 3. The van der Waals surface area contributed by atoms with Gasteiger partial charge in [0.1, 0.15) is 16.8 Å². The average Bonchev–Trinajstić information content (AvgIpc) is 2.12. The van der Waals surface area contributed by atoms with Crippen LogP contribution >= 0.6 is 11.6 Å². The molecule has 0 fully saturated rings. The van der Waals surface area contributed by atoms with Crippen molar-refractivity contribution in [3.05, 3.63) is 16.5 Å². The van der Waals surface area contributed by atoms with Gasteiger partial charge in [-0.1, -0.05) is 25.4 Å². The molecule has 3 nitrogen and oxygen atoms in total. The summed E-state index contributed by atoms with van der Waals surface area (Å²) in [7, 11) is 0. The lowest BCUT2D eigenvalue weighted by Gasteiger charge is -2.11. The monoisotopic (exact) mass is 213 g/mol. The Bertz CT molecular complexity index is 323. The third-order valence-corrected chi connectivity index (χ3v) is 2.33. The molecule has 0 radical (unpaired) electrons. The molecular formula is C10H16ClN3. The van der Waals surface area contributed by atoms with Crippen LogP contribution in [0.25, 0.3) is 0 Å². The predicted octanol–water partition coefficient (Wildman–Crippen LogP) is 2.99. The summed E-state index contributed by atoms with van der Waals surface area (Å²) in [6, 6.07) is 0. The molecule has 0 spiro atoms. The second-order valence-electron chi connectivity index (χ2n) is 3.53. The molecule has 0 atom stereocenters. The maximum Gasteiger partial charge on any atom is 0.137 e. The Hall–Kier alpha value is -0.830. The summed E-state index contributed by atoms with van der Waals surface area (Å²) in [6.07, 6.45) is 0. The molecule has 0 aliphatic heterocycles. The van der Waals surface area contributed by atoms with Gasteiger partial charge in [-0.2, -0.15) is 0 Å². The molecular weight excluding hydrogens is 198 g/mol. The van der Waals surface area contributed by atoms with Gasteiger partial charge in [0, 0.05) is 18.0 Å². The van der Waals surface area contributed by atoms with Crippen LogP contribution in [0.2, 0.25) is 5.15 Å². The van der Waals surface area contributed by atoms with Crippen LogP contribution in [-0.4, -0.2) is 16.5 Å². The third-order valence-electron chi connectivity index (χ3n) is 1.96. The van der Waals surface area contributed by atoms with E-state index in [2.05, 4.69) is 29.1 Å². The Labute approximate surface area is 89.9 Å². The lowest BCUT2D eigenvalue weighted by atomic mass is 10.2. The molecule has 1 N–H and O–H groups in total. The zero-order valence-electron chi connectivity index (χ0n) is 9.06. The van der Waals surface area contributed by atoms with Gasteiger partial charge < -0.3 is 5.32 Å². The van der Waals surface area contributed by atoms with E-state index in [9.17, 15) is 0 Å². The second kappa shape index (κ2) is 4.60. The van der Waals surface area contributed by atoms with E-state index in [1.165, 1.54) is 0 Å². The van der Waals surface area contributed by atoms with Crippen molar-refractivity contribution in [1.29, 1.82) is 0 Å². The standard InChI is InChI=1S/C10H16ClN3/c1-5-12-10-7(4)8(11)13-9(14-10)6(2)3/h6H,5H2,1-4H3,(H,12,13,14). The molecule has 1 heterocycles. The smallest absolute Gasteiger partial charge is 0.137 e. The largest absolute Gasteiger partial charge is 0.370 e. The molecule has 0 saturated heterocycles. The Morgan fingerprint density at radius 3 is 2.50 bits per heavy atom. The highest BCUT2D eigenvalue weighted by Gasteiger charge is 2.10. The van der Waals surface area contributed by atoms with E-state index in [4.69, 9.17) is 11.6 Å². The van der Waals surface area contributed by atoms with E-state index in [0.717, 1.165) is 23.8 Å². The third kappa shape index (κ3) is 2.35. The molecule has 0 saturated carbocycles. The van der Waals surface area contributed by atoms with Gasteiger partial charge in [-0.05, 0) is 13.8 Å². The number of nitrogens with one attached hydrogen (secondary N) is 1. The summed E-state index contributed by atoms with van der Waals surface area (Å²) in [5, 5.41) is 3.72. The molecule has 0 aliphatic rings. The van der Waals surface area contributed by atoms with Crippen LogP contribution in [0.5, 0.6) is 0 Å². The lowest BCUT2D eigenvalue weighted by Crippen LogP contribution is -2.07. The van der Waals surface area contributed by atoms with Crippen LogP contribution in [0.4, 0.5) is 5.82 Å². The summed E-state index contributed by atoms with van der Waals surface area (Å²) in [5.74, 6) is 1.93. The minimum Gasteiger partial charge on any atom is -0.370 e. The van der Waals surface area contributed by atoms with Gasteiger partial charge in [0.2, 0.25) is 0 Å². The van der Waals surface area contributed by atoms with Crippen LogP contribution in [0.3, 0.4) is 0 Å². The van der Waals surface area contributed by atoms with E-state index in [1.807, 2.05) is 13.8 Å². The molecule has 1 aromatic heterocycles. The molecule has 78 valence electrons. The molecule has 1 aromatic rings. The number of halogens is 1. The first-order valence-corrected chi connectivity index (χ1v) is 5.22. The van der Waals surface area contributed by atoms with Gasteiger partial charge in [0.05, 0.1) is 0 Å². The van der Waals surface area contributed by atoms with E-state index in [-0.39, 0.29) is 0 Å². The molecule has 14 heavy (non-hydrogen) atoms. The van der Waals surface area contributed by atoms with E-state index in [0.29, 0.717) is 11.1 Å². The highest BCUT2D eigenvalue weighted by atomic mass is 35.5. The molecule has 0 amide bonds. The van der Waals surface area contributed by atoms with Crippen molar-refractivity contribution in [2.24, 2.45) is 0 Å². The van der Waals surface area contributed by atoms with Gasteiger partial charge in [0.25, 0.3) is 0 Å². The van der Waals surface area contributed by atoms with E-state index < -0.39 is 0 Å². The van der Waals surface area contributed by atoms with Crippen molar-refractivity contribution in [1.82, 2.24) is 9.97 Å². The van der Waals surface area contributed by atoms with E-state index >= 15 is 0 Å². The summed E-state index contributed by atoms with van der Waals surface area (Å²) in [6.45, 7) is 8.90. The first kappa shape index (κ1) is 11.2. The van der Waals surface area contributed by atoms with Crippen LogP contribution in [0.1, 0.15) is 38.1 Å². The molecule has 0 bridgehead atoms. The first-order chi connectivity index (χ1) is 6.56. The van der Waals surface area contributed by atoms with Gasteiger partial charge in [-0.25, -0.2) is 9.97 Å². The van der Waals surface area contributed by atoms with E-state index in [1.54, 1.807) is 0 Å². The zero-order valence-corrected chi connectivity index (χ0v) is 9.81. The molecule has 0 aromatic carbocycles. The number of anilines is 1. The van der Waals surface area contributed by atoms with Crippen LogP contribution in [-0.2, 0) is 0 Å². The molecule has 1 rings (SSSR count). The Morgan fingerprint density at radius 2 is 2.00 bits per heavy atom. The normalized spacial score (nSPS) is 10.7. The minimum absolute atomic E-state index is 0.297. The average molecular weight is 214 g/mol. The molecule has 4 heteroatoms. The molecule has 0 unspecified atom stereocenters. The zero-order chi connectivity index (χ0) is 10.7. The highest BCUT2D eigenvalue weighted by molar-refractivity contribution is 6.30. The maximum absolute atomic E-state index is 6.01. The first-order valence-electron chi connectivity index (χ1n) is 4.84. The van der Waals surface area contributed by atoms with Crippen LogP contribution < -0.4 is 5.32 Å². The Balaban J connectivity index is 3.14. The second-order valence-corrected chi connectivity index (χ2v) is 3.89. The van der Waals surface area contributed by atoms with Crippen LogP contribution in [0, 0.1) is 6.92 Å².